The molecule has 346 valence electrons. The minimum absolute atomic E-state index is 0. The lowest BCUT2D eigenvalue weighted by Gasteiger charge is -2.33. The molecule has 0 heterocycles. The molecule has 0 amide bonds. The lowest BCUT2D eigenvalue weighted by Crippen LogP contribution is -2.33. The molecule has 2 aliphatic rings. The Morgan fingerprint density at radius 2 is 0.969 bits per heavy atom. The Balaban J connectivity index is 0.000000402. The number of hydrogen-bond acceptors (Lipinski definition) is 3. The molecule has 3 aromatic carbocycles. The van der Waals surface area contributed by atoms with Crippen molar-refractivity contribution in [3.05, 3.63) is 204 Å². The molecule has 3 aromatic rings. The van der Waals surface area contributed by atoms with E-state index in [0.29, 0.717) is 6.29 Å². The Hall–Kier alpha value is -5.64. The van der Waals surface area contributed by atoms with Crippen molar-refractivity contribution in [2.24, 2.45) is 10.8 Å². The van der Waals surface area contributed by atoms with Crippen molar-refractivity contribution in [3.8, 4) is 0 Å². The molecule has 65 heavy (non-hydrogen) atoms. The van der Waals surface area contributed by atoms with Crippen molar-refractivity contribution < 1.29 is 24.6 Å². The predicted molar refractivity (Wildman–Crippen MR) is 281 cm³/mol. The summed E-state index contributed by atoms with van der Waals surface area (Å²) in [5, 5.41) is 20.9. The number of carbonyl (C=O) groups excluding carboxylic acids is 1. The van der Waals surface area contributed by atoms with E-state index in [2.05, 4.69) is 177 Å². The summed E-state index contributed by atoms with van der Waals surface area (Å²) in [7, 11) is -1.82. The predicted octanol–water partition coefficient (Wildman–Crippen LogP) is 14.3. The van der Waals surface area contributed by atoms with E-state index in [-0.39, 0.29) is 23.8 Å². The number of aldehydes is 1. The largest absolute Gasteiger partial charge is 0.478 e. The van der Waals surface area contributed by atoms with Crippen LogP contribution in [0.5, 0.6) is 0 Å². The van der Waals surface area contributed by atoms with Crippen LogP contribution in [0.4, 0.5) is 0 Å². The van der Waals surface area contributed by atoms with Gasteiger partial charge < -0.3 is 17.6 Å². The third-order valence-corrected chi connectivity index (χ3v) is 16.3. The first-order valence-electron chi connectivity index (χ1n) is 22.4. The van der Waals surface area contributed by atoms with E-state index >= 15 is 0 Å². The van der Waals surface area contributed by atoms with Gasteiger partial charge in [0.15, 0.2) is 0 Å². The van der Waals surface area contributed by atoms with Crippen molar-refractivity contribution in [3.63, 3.8) is 0 Å². The van der Waals surface area contributed by atoms with Gasteiger partial charge in [-0.2, -0.15) is 0 Å². The number of benzene rings is 3. The molecule has 6 heteroatoms. The van der Waals surface area contributed by atoms with E-state index in [1.807, 2.05) is 12.2 Å². The second kappa shape index (κ2) is 27.0. The third kappa shape index (κ3) is 17.7. The fourth-order valence-electron chi connectivity index (χ4n) is 8.49. The van der Waals surface area contributed by atoms with E-state index in [1.54, 1.807) is 18.6 Å². The van der Waals surface area contributed by atoms with Crippen LogP contribution in [-0.4, -0.2) is 34.6 Å². The monoisotopic (exact) mass is 895 g/mol. The zero-order valence-corrected chi connectivity index (χ0v) is 41.9. The summed E-state index contributed by atoms with van der Waals surface area (Å²) >= 11 is 0. The van der Waals surface area contributed by atoms with Gasteiger partial charge in [0, 0.05) is 12.2 Å². The molecule has 0 atom stereocenters. The summed E-state index contributed by atoms with van der Waals surface area (Å²) in [5.74, 6) is -2.00. The van der Waals surface area contributed by atoms with Crippen molar-refractivity contribution >= 4 is 41.4 Å². The van der Waals surface area contributed by atoms with Gasteiger partial charge in [-0.25, -0.2) is 9.59 Å². The molecule has 0 aromatic heterocycles. The van der Waals surface area contributed by atoms with Crippen LogP contribution in [0.2, 0.25) is 0 Å². The summed E-state index contributed by atoms with van der Waals surface area (Å²) in [5.41, 5.74) is 10.0. The van der Waals surface area contributed by atoms with Crippen LogP contribution in [0.25, 0.3) is 0 Å². The van der Waals surface area contributed by atoms with E-state index in [9.17, 15) is 14.4 Å². The Kier molecular flexibility index (Phi) is 23.0. The van der Waals surface area contributed by atoms with Crippen LogP contribution in [0.1, 0.15) is 108 Å². The van der Waals surface area contributed by atoms with E-state index in [1.165, 1.54) is 89.7 Å². The minimum atomic E-state index is -1.82. The SMILES string of the molecule is C/C(C=O)=C\C(=O)O.CC1=C(/C=C/C(C)=C/C=C/C(C)=C/C(=O)O)C(C)(C)CCC1.CC1=C(/C=C/C(C)=C/C[P+](c2ccccc2)(c2ccccc2)c2ccccc2)C(C)(C)CCC1.[CH3-]. The van der Waals surface area contributed by atoms with Crippen LogP contribution in [0, 0.1) is 18.3 Å². The average molecular weight is 895 g/mol. The molecule has 0 unspecified atom stereocenters. The average Bonchev–Trinajstić information content (AvgIpc) is 3.24. The highest BCUT2D eigenvalue weighted by Gasteiger charge is 2.44. The molecule has 0 radical (unpaired) electrons. The van der Waals surface area contributed by atoms with Gasteiger partial charge in [0.2, 0.25) is 0 Å². The van der Waals surface area contributed by atoms with E-state index < -0.39 is 19.2 Å². The molecule has 0 fully saturated rings. The Bertz CT molecular complexity index is 2210. The van der Waals surface area contributed by atoms with E-state index in [0.717, 1.165) is 23.4 Å². The second-order valence-corrected chi connectivity index (χ2v) is 21.9. The van der Waals surface area contributed by atoms with E-state index in [4.69, 9.17) is 10.2 Å². The van der Waals surface area contributed by atoms with Gasteiger partial charge in [-0.05, 0) is 156 Å². The fraction of sp³-hybridized carbons (Fsp3) is 0.322. The molecule has 0 spiro atoms. The lowest BCUT2D eigenvalue weighted by molar-refractivity contribution is -0.132. The highest BCUT2D eigenvalue weighted by molar-refractivity contribution is 7.95. The zero-order valence-electron chi connectivity index (χ0n) is 41.0. The van der Waals surface area contributed by atoms with Crippen molar-refractivity contribution in [1.29, 1.82) is 0 Å². The van der Waals surface area contributed by atoms with Gasteiger partial charge in [-0.15, -0.1) is 0 Å². The molecule has 0 aliphatic heterocycles. The number of carboxylic acid groups (broad SMARTS) is 2. The summed E-state index contributed by atoms with van der Waals surface area (Å²) in [4.78, 5) is 30.0. The molecular formula is C59H75O5P. The minimum Gasteiger partial charge on any atom is -0.478 e. The topological polar surface area (TPSA) is 91.7 Å². The fourth-order valence-corrected chi connectivity index (χ4v) is 12.6. The quantitative estimate of drug-likeness (QED) is 0.0553. The van der Waals surface area contributed by atoms with Crippen molar-refractivity contribution in [2.75, 3.05) is 6.16 Å². The zero-order chi connectivity index (χ0) is 47.3. The number of rotatable bonds is 14. The van der Waals surface area contributed by atoms with Gasteiger partial charge in [-0.1, -0.05) is 147 Å². The van der Waals surface area contributed by atoms with Crippen LogP contribution in [0.3, 0.4) is 0 Å². The number of carboxylic acids is 2. The Morgan fingerprint density at radius 1 is 0.585 bits per heavy atom. The van der Waals surface area contributed by atoms with Gasteiger partial charge in [0.1, 0.15) is 29.5 Å². The summed E-state index contributed by atoms with van der Waals surface area (Å²) in [6.45, 7) is 21.5. The van der Waals surface area contributed by atoms with Crippen LogP contribution >= 0.6 is 7.26 Å². The first kappa shape index (κ1) is 55.5. The summed E-state index contributed by atoms with van der Waals surface area (Å²) in [6.07, 6.45) is 28.4. The van der Waals surface area contributed by atoms with Gasteiger partial charge in [0.05, 0.1) is 6.16 Å². The maximum Gasteiger partial charge on any atom is 0.328 e. The number of hydrogen-bond donors (Lipinski definition) is 2. The molecule has 2 N–H and O–H groups in total. The Morgan fingerprint density at radius 3 is 1.32 bits per heavy atom. The van der Waals surface area contributed by atoms with Crippen molar-refractivity contribution in [2.45, 2.75) is 108 Å². The first-order valence-corrected chi connectivity index (χ1v) is 24.4. The normalized spacial score (nSPS) is 17.0. The molecule has 2 aliphatic carbocycles. The van der Waals surface area contributed by atoms with Crippen LogP contribution in [0.15, 0.2) is 196 Å². The van der Waals surface area contributed by atoms with Crippen LogP contribution in [-0.2, 0) is 14.4 Å². The van der Waals surface area contributed by atoms with Gasteiger partial charge in [0.25, 0.3) is 0 Å². The maximum atomic E-state index is 10.5. The van der Waals surface area contributed by atoms with Gasteiger partial charge in [-0.3, -0.25) is 4.79 Å². The number of aliphatic carboxylic acids is 2. The molecule has 5 rings (SSSR count). The second-order valence-electron chi connectivity index (χ2n) is 18.3. The smallest absolute Gasteiger partial charge is 0.328 e. The number of carbonyl (C=O) groups is 3. The maximum absolute atomic E-state index is 10.5. The van der Waals surface area contributed by atoms with Gasteiger partial charge >= 0.3 is 11.9 Å². The third-order valence-electron chi connectivity index (χ3n) is 12.0. The first-order chi connectivity index (χ1) is 30.3. The highest BCUT2D eigenvalue weighted by atomic mass is 31.2. The highest BCUT2D eigenvalue weighted by Crippen LogP contribution is 2.55. The molecular weight excluding hydrogens is 820 g/mol. The Labute approximate surface area is 392 Å². The summed E-state index contributed by atoms with van der Waals surface area (Å²) < 4.78 is 0. The number of allylic oxidation sites excluding steroid dienone is 16. The van der Waals surface area contributed by atoms with Crippen molar-refractivity contribution in [1.82, 2.24) is 0 Å². The standard InChI is InChI=1S/C33H38P.C20H28O2.C5H6O3.CH3/c1-27(22-23-32-28(2)15-14-25-33(32,3)4)24-26-34(29-16-8-5-9-17-29,30-18-10-6-11-19-30)31-20-12-7-13-21-31;1-15(8-6-9-16(2)14-19(21)22)11-12-18-17(3)10-7-13-20(18,4)5;1-4(3-6)2-5(7)8;/h5-13,16-24H,14-15,25-26H2,1-4H3;6,8-9,11-12,14H,7,10,13H2,1-5H3,(H,21,22);2-3H,1H3,(H,7,8);1H3/q+1;;;-1/b23-22+,27-24+;9-6+,12-11+,15-8+,16-14+;4-2+;. The molecule has 0 saturated carbocycles. The lowest BCUT2D eigenvalue weighted by atomic mass is 9.72. The molecule has 0 saturated heterocycles. The summed E-state index contributed by atoms with van der Waals surface area (Å²) in [6, 6.07) is 33.4. The van der Waals surface area contributed by atoms with Crippen LogP contribution < -0.4 is 15.9 Å². The molecule has 0 bridgehead atoms. The molecule has 5 nitrogen and oxygen atoms in total.